The van der Waals surface area contributed by atoms with E-state index in [1.165, 1.54) is 4.68 Å². The zero-order valence-electron chi connectivity index (χ0n) is 10.5. The van der Waals surface area contributed by atoms with Crippen molar-refractivity contribution in [1.29, 1.82) is 0 Å². The van der Waals surface area contributed by atoms with E-state index in [0.717, 1.165) is 11.8 Å². The van der Waals surface area contributed by atoms with Crippen molar-refractivity contribution in [2.24, 2.45) is 0 Å². The molecule has 0 aliphatic heterocycles. The van der Waals surface area contributed by atoms with E-state index in [1.807, 2.05) is 32.9 Å². The summed E-state index contributed by atoms with van der Waals surface area (Å²) in [5.41, 5.74) is 2.19. The van der Waals surface area contributed by atoms with Gasteiger partial charge in [0.05, 0.1) is 11.3 Å². The van der Waals surface area contributed by atoms with Crippen LogP contribution in [0.2, 0.25) is 5.15 Å². The third kappa shape index (κ3) is 2.16. The van der Waals surface area contributed by atoms with Crippen molar-refractivity contribution < 1.29 is 4.79 Å². The van der Waals surface area contributed by atoms with Gasteiger partial charge >= 0.3 is 0 Å². The van der Waals surface area contributed by atoms with Gasteiger partial charge in [0.25, 0.3) is 0 Å². The average Bonchev–Trinajstić information content (AvgIpc) is 2.66. The van der Waals surface area contributed by atoms with Crippen LogP contribution in [-0.4, -0.2) is 21.1 Å². The second kappa shape index (κ2) is 4.90. The zero-order valence-corrected chi connectivity index (χ0v) is 11.3. The molecule has 0 aliphatic rings. The predicted molar refractivity (Wildman–Crippen MR) is 70.6 cm³/mol. The fourth-order valence-electron chi connectivity index (χ4n) is 1.75. The lowest BCUT2D eigenvalue weighted by Crippen LogP contribution is -2.01. The summed E-state index contributed by atoms with van der Waals surface area (Å²) in [6, 6.07) is 3.77. The molecule has 94 valence electrons. The minimum atomic E-state index is 0.133. The molecule has 2 aromatic rings. The fourth-order valence-corrected chi connectivity index (χ4v) is 2.01. The van der Waals surface area contributed by atoms with Gasteiger partial charge in [0.2, 0.25) is 0 Å². The van der Waals surface area contributed by atoms with E-state index >= 15 is 0 Å². The highest BCUT2D eigenvalue weighted by Crippen LogP contribution is 2.26. The normalized spacial score (nSPS) is 10.9. The Hall–Kier alpha value is -1.68. The molecule has 0 N–H and O–H groups in total. The highest BCUT2D eigenvalue weighted by molar-refractivity contribution is 6.32. The number of hydrogen-bond donors (Lipinski definition) is 0. The Morgan fingerprint density at radius 3 is 2.67 bits per heavy atom. The summed E-state index contributed by atoms with van der Waals surface area (Å²) in [5, 5.41) is 4.69. The number of aryl methyl sites for hydroxylation is 1. The summed E-state index contributed by atoms with van der Waals surface area (Å²) in [7, 11) is 0. The smallest absolute Gasteiger partial charge is 0.155 e. The first-order valence-electron chi connectivity index (χ1n) is 5.71. The summed E-state index contributed by atoms with van der Waals surface area (Å²) in [5.74, 6) is 0.753. The van der Waals surface area contributed by atoms with Crippen LogP contribution in [0.5, 0.6) is 0 Å². The van der Waals surface area contributed by atoms with Crippen LogP contribution in [0.3, 0.4) is 0 Å². The summed E-state index contributed by atoms with van der Waals surface area (Å²) in [6.45, 7) is 5.91. The molecular weight excluding hydrogens is 250 g/mol. The van der Waals surface area contributed by atoms with Gasteiger partial charge in [0, 0.05) is 6.20 Å². The van der Waals surface area contributed by atoms with Crippen molar-refractivity contribution in [2.45, 2.75) is 26.7 Å². The lowest BCUT2D eigenvalue weighted by atomic mass is 10.1. The minimum Gasteiger partial charge on any atom is -0.298 e. The quantitative estimate of drug-likeness (QED) is 0.799. The van der Waals surface area contributed by atoms with Gasteiger partial charge in [0.15, 0.2) is 12.1 Å². The molecule has 4 nitrogen and oxygen atoms in total. The van der Waals surface area contributed by atoms with E-state index in [2.05, 4.69) is 10.1 Å². The lowest BCUT2D eigenvalue weighted by Gasteiger charge is -2.02. The third-order valence-electron chi connectivity index (χ3n) is 2.67. The van der Waals surface area contributed by atoms with Gasteiger partial charge in [-0.15, -0.1) is 0 Å². The molecule has 0 bridgehead atoms. The first kappa shape index (κ1) is 12.8. The molecule has 0 saturated heterocycles. The number of carbonyl (C=O) groups is 1. The van der Waals surface area contributed by atoms with Crippen LogP contribution in [0.15, 0.2) is 18.3 Å². The van der Waals surface area contributed by atoms with Crippen LogP contribution in [-0.2, 0) is 0 Å². The van der Waals surface area contributed by atoms with Crippen LogP contribution in [0.25, 0.3) is 5.82 Å². The second-order valence-corrected chi connectivity index (χ2v) is 4.82. The van der Waals surface area contributed by atoms with Gasteiger partial charge in [-0.1, -0.05) is 25.4 Å². The van der Waals surface area contributed by atoms with Crippen LogP contribution in [0.4, 0.5) is 0 Å². The first-order chi connectivity index (χ1) is 8.54. The van der Waals surface area contributed by atoms with Crippen LogP contribution < -0.4 is 0 Å². The first-order valence-corrected chi connectivity index (χ1v) is 6.09. The van der Waals surface area contributed by atoms with E-state index in [0.29, 0.717) is 22.2 Å². The maximum absolute atomic E-state index is 11.1. The molecule has 2 heterocycles. The third-order valence-corrected chi connectivity index (χ3v) is 3.04. The Morgan fingerprint density at radius 1 is 1.44 bits per heavy atom. The second-order valence-electron chi connectivity index (χ2n) is 4.47. The fraction of sp³-hybridized carbons (Fsp3) is 0.308. The van der Waals surface area contributed by atoms with Crippen molar-refractivity contribution >= 4 is 17.9 Å². The molecule has 0 amide bonds. The number of halogens is 1. The van der Waals surface area contributed by atoms with Crippen molar-refractivity contribution in [1.82, 2.24) is 14.8 Å². The van der Waals surface area contributed by atoms with Gasteiger partial charge in [-0.25, -0.2) is 9.67 Å². The van der Waals surface area contributed by atoms with Crippen LogP contribution >= 0.6 is 11.6 Å². The van der Waals surface area contributed by atoms with E-state index in [1.54, 1.807) is 6.20 Å². The molecule has 0 saturated carbocycles. The molecule has 0 atom stereocenters. The zero-order chi connectivity index (χ0) is 13.3. The standard InChI is InChI=1S/C13H14ClN3O/c1-8(2)12-10(7-18)13(14)17(16-12)11-6-9(3)4-5-15-11/h4-8H,1-3H3. The van der Waals surface area contributed by atoms with Crippen molar-refractivity contribution in [3.05, 3.63) is 40.3 Å². The molecule has 18 heavy (non-hydrogen) atoms. The molecular formula is C13H14ClN3O. The highest BCUT2D eigenvalue weighted by atomic mass is 35.5. The SMILES string of the molecule is Cc1ccnc(-n2nc(C(C)C)c(C=O)c2Cl)c1. The number of aldehydes is 1. The number of rotatable bonds is 3. The average molecular weight is 264 g/mol. The largest absolute Gasteiger partial charge is 0.298 e. The molecule has 0 aliphatic carbocycles. The molecule has 0 fully saturated rings. The van der Waals surface area contributed by atoms with E-state index in [9.17, 15) is 4.79 Å². The Bertz CT molecular complexity index is 590. The summed E-state index contributed by atoms with van der Waals surface area (Å²) >= 11 is 6.19. The number of hydrogen-bond acceptors (Lipinski definition) is 3. The number of aromatic nitrogens is 3. The number of pyridine rings is 1. The number of carbonyl (C=O) groups excluding carboxylic acids is 1. The molecule has 2 rings (SSSR count). The molecule has 2 aromatic heterocycles. The maximum Gasteiger partial charge on any atom is 0.155 e. The highest BCUT2D eigenvalue weighted by Gasteiger charge is 2.19. The lowest BCUT2D eigenvalue weighted by molar-refractivity contribution is 0.112. The molecule has 5 heteroatoms. The summed E-state index contributed by atoms with van der Waals surface area (Å²) in [6.07, 6.45) is 2.44. The van der Waals surface area contributed by atoms with E-state index in [4.69, 9.17) is 11.6 Å². The molecule has 0 unspecified atom stereocenters. The Kier molecular flexibility index (Phi) is 3.48. The van der Waals surface area contributed by atoms with Crippen LogP contribution in [0, 0.1) is 6.92 Å². The van der Waals surface area contributed by atoms with Gasteiger partial charge in [-0.3, -0.25) is 4.79 Å². The van der Waals surface area contributed by atoms with Gasteiger partial charge in [0.1, 0.15) is 5.15 Å². The van der Waals surface area contributed by atoms with E-state index in [-0.39, 0.29) is 5.92 Å². The Balaban J connectivity index is 2.62. The molecule has 0 radical (unpaired) electrons. The predicted octanol–water partition coefficient (Wildman–Crippen LogP) is 3.17. The molecule has 0 aromatic carbocycles. The monoisotopic (exact) mass is 263 g/mol. The minimum absolute atomic E-state index is 0.133. The van der Waals surface area contributed by atoms with Gasteiger partial charge in [-0.05, 0) is 30.5 Å². The van der Waals surface area contributed by atoms with Crippen molar-refractivity contribution in [3.63, 3.8) is 0 Å². The van der Waals surface area contributed by atoms with E-state index < -0.39 is 0 Å². The van der Waals surface area contributed by atoms with Gasteiger partial charge in [-0.2, -0.15) is 5.10 Å². The van der Waals surface area contributed by atoms with Crippen LogP contribution in [0.1, 0.15) is 41.4 Å². The topological polar surface area (TPSA) is 47.8 Å². The Morgan fingerprint density at radius 2 is 2.17 bits per heavy atom. The van der Waals surface area contributed by atoms with Gasteiger partial charge < -0.3 is 0 Å². The molecule has 0 spiro atoms. The number of nitrogens with zero attached hydrogens (tertiary/aromatic N) is 3. The van der Waals surface area contributed by atoms with Crippen molar-refractivity contribution in [2.75, 3.05) is 0 Å². The maximum atomic E-state index is 11.1. The van der Waals surface area contributed by atoms with Crippen molar-refractivity contribution in [3.8, 4) is 5.82 Å². The Labute approximate surface area is 111 Å². The summed E-state index contributed by atoms with van der Waals surface area (Å²) in [4.78, 5) is 15.3. The summed E-state index contributed by atoms with van der Waals surface area (Å²) < 4.78 is 1.51.